The van der Waals surface area contributed by atoms with Gasteiger partial charge in [0.15, 0.2) is 6.29 Å². The summed E-state index contributed by atoms with van der Waals surface area (Å²) in [5.41, 5.74) is -14.4. The van der Waals surface area contributed by atoms with Crippen molar-refractivity contribution in [3.8, 4) is 0 Å². The standard InChI is InChI=1S/C18H26F6O2.C17H26F6O.C13H18F6O/c1-10-11(2)14-8-12(10)7-13(14)9-16(17(19,20)21,18(22,23)24)26-15-5-3-4-6-25-15;1-9-10(2)13-7-11(9)6-12(13)8-15(16(18,19)20,17(21,22)23)24-14(3,4)5;1-6-7(2)10-4-8(6)3-9(10)5-11(20,12(14,15)16)13(17,18)19/h10-15H,3-9H2,1-2H3;9-13H,6-8H2,1-5H3;6-10,20H,3-5H2,1-2H3. The number of halogens is 18. The maximum atomic E-state index is 13.8. The summed E-state index contributed by atoms with van der Waals surface area (Å²) in [7, 11) is 0. The Balaban J connectivity index is 0.000000197. The Morgan fingerprint density at radius 3 is 1.01 bits per heavy atom. The third-order valence-corrected chi connectivity index (χ3v) is 18.5. The molecular weight excluding hydrogens is 982 g/mol. The van der Waals surface area contributed by atoms with E-state index in [0.29, 0.717) is 56.3 Å². The molecule has 16 atom stereocenters. The van der Waals surface area contributed by atoms with Crippen molar-refractivity contribution in [1.82, 2.24) is 0 Å². The smallest absolute Gasteiger partial charge is 0.374 e. The van der Waals surface area contributed by atoms with Crippen LogP contribution in [0.2, 0.25) is 0 Å². The lowest BCUT2D eigenvalue weighted by molar-refractivity contribution is -0.416. The van der Waals surface area contributed by atoms with Gasteiger partial charge in [0.2, 0.25) is 0 Å². The molecule has 0 radical (unpaired) electrons. The fourth-order valence-electron chi connectivity index (χ4n) is 14.2. The van der Waals surface area contributed by atoms with Gasteiger partial charge in [-0.25, -0.2) is 0 Å². The Labute approximate surface area is 398 Å². The van der Waals surface area contributed by atoms with Gasteiger partial charge in [0, 0.05) is 6.61 Å². The van der Waals surface area contributed by atoms with Gasteiger partial charge in [-0.2, -0.15) is 79.0 Å². The molecule has 412 valence electrons. The fourth-order valence-corrected chi connectivity index (χ4v) is 14.2. The Kier molecular flexibility index (Phi) is 16.9. The van der Waals surface area contributed by atoms with Crippen LogP contribution in [-0.4, -0.2) is 77.5 Å². The summed E-state index contributed by atoms with van der Waals surface area (Å²) in [6.07, 6.45) is -33.8. The highest BCUT2D eigenvalue weighted by molar-refractivity contribution is 5.07. The maximum absolute atomic E-state index is 13.8. The van der Waals surface area contributed by atoms with Crippen LogP contribution in [0.4, 0.5) is 79.0 Å². The van der Waals surface area contributed by atoms with E-state index in [0.717, 1.165) is 12.8 Å². The van der Waals surface area contributed by atoms with E-state index in [1.54, 1.807) is 0 Å². The molecular formula is C48H70F18O4. The molecule has 6 aliphatic carbocycles. The van der Waals surface area contributed by atoms with Crippen LogP contribution in [0.15, 0.2) is 0 Å². The van der Waals surface area contributed by atoms with Gasteiger partial charge in [0.25, 0.3) is 16.8 Å². The van der Waals surface area contributed by atoms with Gasteiger partial charge in [-0.05, 0) is 187 Å². The second-order valence-electron chi connectivity index (χ2n) is 23.4. The van der Waals surface area contributed by atoms with Gasteiger partial charge < -0.3 is 19.3 Å². The maximum Gasteiger partial charge on any atom is 0.426 e. The predicted octanol–water partition coefficient (Wildman–Crippen LogP) is 15.9. The van der Waals surface area contributed by atoms with Gasteiger partial charge >= 0.3 is 37.1 Å². The molecule has 0 amide bonds. The normalized spacial score (nSPS) is 37.4. The Hall–Kier alpha value is -1.42. The molecule has 1 aliphatic heterocycles. The van der Waals surface area contributed by atoms with E-state index in [9.17, 15) is 84.1 Å². The van der Waals surface area contributed by atoms with Crippen LogP contribution in [0.5, 0.6) is 0 Å². The van der Waals surface area contributed by atoms with Crippen LogP contribution in [0.1, 0.15) is 139 Å². The quantitative estimate of drug-likeness (QED) is 0.234. The van der Waals surface area contributed by atoms with Crippen molar-refractivity contribution in [2.45, 2.75) is 205 Å². The minimum atomic E-state index is -5.69. The summed E-state index contributed by atoms with van der Waals surface area (Å²) in [6.45, 7) is 15.6. The minimum absolute atomic E-state index is 0.0536. The summed E-state index contributed by atoms with van der Waals surface area (Å²) in [5.74, 6) is -0.189. The van der Waals surface area contributed by atoms with Crippen molar-refractivity contribution in [1.29, 1.82) is 0 Å². The van der Waals surface area contributed by atoms with Gasteiger partial charge in [0.1, 0.15) is 0 Å². The predicted molar refractivity (Wildman–Crippen MR) is 220 cm³/mol. The first-order valence-corrected chi connectivity index (χ1v) is 24.6. The molecule has 7 fully saturated rings. The fraction of sp³-hybridized carbons (Fsp3) is 1.00. The van der Waals surface area contributed by atoms with E-state index in [1.165, 1.54) is 20.8 Å². The Morgan fingerprint density at radius 2 is 0.757 bits per heavy atom. The van der Waals surface area contributed by atoms with Crippen molar-refractivity contribution in [2.24, 2.45) is 88.8 Å². The zero-order valence-electron chi connectivity index (χ0n) is 40.9. The van der Waals surface area contributed by atoms with E-state index in [-0.39, 0.29) is 66.3 Å². The summed E-state index contributed by atoms with van der Waals surface area (Å²) < 4.78 is 255. The summed E-state index contributed by atoms with van der Waals surface area (Å²) >= 11 is 0. The number of fused-ring (bicyclic) bond motifs is 6. The van der Waals surface area contributed by atoms with Gasteiger partial charge in [-0.15, -0.1) is 0 Å². The van der Waals surface area contributed by atoms with Crippen LogP contribution in [0, 0.1) is 88.8 Å². The average Bonchev–Trinajstić information content (AvgIpc) is 4.04. The molecule has 70 heavy (non-hydrogen) atoms. The van der Waals surface area contributed by atoms with Crippen LogP contribution in [0.25, 0.3) is 0 Å². The second-order valence-corrected chi connectivity index (χ2v) is 23.4. The summed E-state index contributed by atoms with van der Waals surface area (Å²) in [6, 6.07) is 0. The third kappa shape index (κ3) is 11.4. The van der Waals surface area contributed by atoms with Crippen LogP contribution in [-0.2, 0) is 14.2 Å². The molecule has 22 heteroatoms. The first-order chi connectivity index (χ1) is 31.4. The number of rotatable bonds is 9. The zero-order chi connectivity index (χ0) is 53.6. The third-order valence-electron chi connectivity index (χ3n) is 18.5. The number of aliphatic hydroxyl groups is 1. The molecule has 1 saturated heterocycles. The lowest BCUT2D eigenvalue weighted by Gasteiger charge is -2.44. The van der Waals surface area contributed by atoms with E-state index in [4.69, 9.17) is 14.2 Å². The highest BCUT2D eigenvalue weighted by Gasteiger charge is 2.76. The highest BCUT2D eigenvalue weighted by Crippen LogP contribution is 2.63. The number of alkyl halides is 18. The molecule has 0 aromatic rings. The number of hydrogen-bond acceptors (Lipinski definition) is 4. The molecule has 7 rings (SSSR count). The Bertz CT molecular complexity index is 1680. The highest BCUT2D eigenvalue weighted by atomic mass is 19.4. The topological polar surface area (TPSA) is 47.9 Å². The SMILES string of the molecule is CC1C2CC(CC(O)(C(F)(F)F)C(F)(F)F)C(C2)C1C.CC1C2CC(CC(OC(C)(C)C)(C(F)(F)F)C(F)(F)F)C(C2)C1C.CC1C2CC(CC(OC3CCCCO3)(C(F)(F)F)C(F)(F)F)C(C2)C1C. The van der Waals surface area contributed by atoms with Crippen molar-refractivity contribution < 1.29 is 98.3 Å². The zero-order valence-corrected chi connectivity index (χ0v) is 40.9. The molecule has 0 spiro atoms. The van der Waals surface area contributed by atoms with Crippen LogP contribution < -0.4 is 0 Å². The molecule has 4 nitrogen and oxygen atoms in total. The number of ether oxygens (including phenoxy) is 3. The lowest BCUT2D eigenvalue weighted by atomic mass is 9.71. The average molecular weight is 1050 g/mol. The largest absolute Gasteiger partial charge is 0.426 e. The molecule has 0 aromatic heterocycles. The van der Waals surface area contributed by atoms with Gasteiger partial charge in [-0.3, -0.25) is 0 Å². The van der Waals surface area contributed by atoms with Crippen molar-refractivity contribution in [3.05, 3.63) is 0 Å². The minimum Gasteiger partial charge on any atom is -0.374 e. The monoisotopic (exact) mass is 1050 g/mol. The molecule has 1 heterocycles. The van der Waals surface area contributed by atoms with Gasteiger partial charge in [0.05, 0.1) is 5.60 Å². The molecule has 0 aromatic carbocycles. The van der Waals surface area contributed by atoms with Crippen LogP contribution >= 0.6 is 0 Å². The Morgan fingerprint density at radius 1 is 0.429 bits per heavy atom. The van der Waals surface area contributed by atoms with Crippen LogP contribution in [0.3, 0.4) is 0 Å². The van der Waals surface area contributed by atoms with E-state index >= 15 is 0 Å². The van der Waals surface area contributed by atoms with E-state index in [1.807, 2.05) is 41.5 Å². The molecule has 1 N–H and O–H groups in total. The molecule has 16 unspecified atom stereocenters. The lowest BCUT2D eigenvalue weighted by Crippen LogP contribution is -2.62. The van der Waals surface area contributed by atoms with Crippen molar-refractivity contribution in [3.63, 3.8) is 0 Å². The van der Waals surface area contributed by atoms with Crippen molar-refractivity contribution in [2.75, 3.05) is 6.61 Å². The molecule has 6 saturated carbocycles. The van der Waals surface area contributed by atoms with Crippen molar-refractivity contribution >= 4 is 0 Å². The van der Waals surface area contributed by atoms with E-state index in [2.05, 4.69) is 0 Å². The summed E-state index contributed by atoms with van der Waals surface area (Å²) in [4.78, 5) is 0. The molecule has 7 aliphatic rings. The van der Waals surface area contributed by atoms with E-state index < -0.39 is 103 Å². The number of hydrogen-bond donors (Lipinski definition) is 1. The molecule has 6 bridgehead atoms. The van der Waals surface area contributed by atoms with Gasteiger partial charge in [-0.1, -0.05) is 41.5 Å². The second kappa shape index (κ2) is 19.9. The summed E-state index contributed by atoms with van der Waals surface area (Å²) in [5, 5.41) is 9.28. The first kappa shape index (κ1) is 59.5. The first-order valence-electron chi connectivity index (χ1n) is 24.6.